The fraction of sp³-hybridized carbons (Fsp3) is 0.279. The molecule has 0 amide bonds. The molecule has 1 unspecified atom stereocenters. The van der Waals surface area contributed by atoms with E-state index in [0.717, 1.165) is 61.9 Å². The highest BCUT2D eigenvalue weighted by atomic mass is 32.2. The van der Waals surface area contributed by atoms with E-state index >= 15 is 4.39 Å². The first-order valence-corrected chi connectivity index (χ1v) is 18.1. The van der Waals surface area contributed by atoms with Crippen LogP contribution in [0.3, 0.4) is 0 Å². The molecular formula is C43H52FN5S. The van der Waals surface area contributed by atoms with Crippen LogP contribution in [0.15, 0.2) is 115 Å². The third-order valence-electron chi connectivity index (χ3n) is 8.82. The number of fused-ring (bicyclic) bond motifs is 1. The van der Waals surface area contributed by atoms with Gasteiger partial charge in [-0.2, -0.15) is 0 Å². The third kappa shape index (κ3) is 9.07. The van der Waals surface area contributed by atoms with Gasteiger partial charge in [-0.3, -0.25) is 0 Å². The Labute approximate surface area is 303 Å². The monoisotopic (exact) mass is 689 g/mol. The highest BCUT2D eigenvalue weighted by molar-refractivity contribution is 7.99. The Morgan fingerprint density at radius 2 is 1.30 bits per heavy atom. The van der Waals surface area contributed by atoms with E-state index < -0.39 is 0 Å². The lowest BCUT2D eigenvalue weighted by atomic mass is 9.97. The number of benzene rings is 4. The molecule has 1 atom stereocenters. The van der Waals surface area contributed by atoms with Crippen molar-refractivity contribution in [2.75, 3.05) is 33.5 Å². The molecule has 4 aromatic carbocycles. The van der Waals surface area contributed by atoms with Gasteiger partial charge in [-0.25, -0.2) is 9.38 Å². The normalized spacial score (nSPS) is 13.3. The van der Waals surface area contributed by atoms with Crippen LogP contribution in [-0.4, -0.2) is 49.7 Å². The maximum atomic E-state index is 16.0. The number of halogens is 1. The number of unbranched alkanes of at least 4 members (excludes halogenated alkanes) is 1. The predicted octanol–water partition coefficient (Wildman–Crippen LogP) is 10.8. The van der Waals surface area contributed by atoms with Gasteiger partial charge in [0.2, 0.25) is 0 Å². The zero-order valence-electron chi connectivity index (χ0n) is 30.7. The predicted molar refractivity (Wildman–Crippen MR) is 217 cm³/mol. The van der Waals surface area contributed by atoms with Crippen LogP contribution >= 0.6 is 11.8 Å². The lowest BCUT2D eigenvalue weighted by Crippen LogP contribution is -2.32. The Morgan fingerprint density at radius 3 is 1.74 bits per heavy atom. The average Bonchev–Trinajstić information content (AvgIpc) is 3.12. The van der Waals surface area contributed by atoms with Crippen LogP contribution in [0.4, 0.5) is 15.8 Å². The van der Waals surface area contributed by atoms with Gasteiger partial charge in [0.05, 0.1) is 28.4 Å². The van der Waals surface area contributed by atoms with Gasteiger partial charge < -0.3 is 20.9 Å². The molecule has 50 heavy (non-hydrogen) atoms. The molecule has 0 bridgehead atoms. The number of nitrogens with one attached hydrogen (secondary N) is 1. The molecule has 7 heteroatoms. The molecule has 1 heterocycles. The maximum Gasteiger partial charge on any atom is 0.133 e. The van der Waals surface area contributed by atoms with Crippen molar-refractivity contribution >= 4 is 45.9 Å². The number of anilines is 1. The molecule has 0 saturated heterocycles. The summed E-state index contributed by atoms with van der Waals surface area (Å²) >= 11 is 1.62. The second-order valence-corrected chi connectivity index (χ2v) is 14.1. The van der Waals surface area contributed by atoms with Crippen molar-refractivity contribution in [3.8, 4) is 0 Å². The molecule has 262 valence electrons. The number of nitrogens with zero attached hydrogens (tertiary/aromatic N) is 3. The van der Waals surface area contributed by atoms with Crippen molar-refractivity contribution in [2.24, 2.45) is 10.7 Å². The van der Waals surface area contributed by atoms with Gasteiger partial charge in [0.15, 0.2) is 0 Å². The second kappa shape index (κ2) is 17.3. The largest absolute Gasteiger partial charge is 0.399 e. The topological polar surface area (TPSA) is 56.9 Å². The number of rotatable bonds is 12. The maximum absolute atomic E-state index is 16.0. The van der Waals surface area contributed by atoms with E-state index in [-0.39, 0.29) is 17.1 Å². The molecule has 1 aliphatic heterocycles. The fourth-order valence-electron chi connectivity index (χ4n) is 5.41. The van der Waals surface area contributed by atoms with Crippen LogP contribution in [0, 0.1) is 5.82 Å². The number of thioether (sulfide) groups is 1. The summed E-state index contributed by atoms with van der Waals surface area (Å²) < 4.78 is 16.0. The smallest absolute Gasteiger partial charge is 0.133 e. The van der Waals surface area contributed by atoms with E-state index in [1.54, 1.807) is 17.8 Å². The SMILES string of the molecule is C=C(N)c1ccc2c(c1)N=C(c1ccc(SC(c3ccc(C(=C)N(C)C)cc3)c3ccc(C(=C)N(C)C)cc3)cc1F)C(CC)N2.CCCC. The molecule has 4 aromatic rings. The van der Waals surface area contributed by atoms with Crippen LogP contribution in [0.5, 0.6) is 0 Å². The number of hydrogen-bond donors (Lipinski definition) is 2. The Bertz CT molecular complexity index is 1780. The Morgan fingerprint density at radius 1 is 0.780 bits per heavy atom. The van der Waals surface area contributed by atoms with Crippen LogP contribution in [0.1, 0.15) is 78.7 Å². The average molecular weight is 690 g/mol. The minimum absolute atomic E-state index is 0.0691. The van der Waals surface area contributed by atoms with Gasteiger partial charge in [0.1, 0.15) is 5.82 Å². The molecule has 0 saturated carbocycles. The summed E-state index contributed by atoms with van der Waals surface area (Å²) in [5.74, 6) is -0.305. The Hall–Kier alpha value is -4.75. The molecule has 0 fully saturated rings. The van der Waals surface area contributed by atoms with Gasteiger partial charge in [-0.15, -0.1) is 11.8 Å². The zero-order valence-corrected chi connectivity index (χ0v) is 31.5. The number of aliphatic imine (C=N–C) groups is 1. The van der Waals surface area contributed by atoms with E-state index in [9.17, 15) is 0 Å². The first kappa shape index (κ1) is 38.1. The summed E-state index contributed by atoms with van der Waals surface area (Å²) in [6.45, 7) is 18.7. The van der Waals surface area contributed by atoms with Crippen LogP contribution in [0.25, 0.3) is 17.1 Å². The summed E-state index contributed by atoms with van der Waals surface area (Å²) in [6.07, 6.45) is 3.40. The number of nitrogens with two attached hydrogens (primary N) is 1. The summed E-state index contributed by atoms with van der Waals surface area (Å²) in [5, 5.41) is 3.46. The number of hydrogen-bond acceptors (Lipinski definition) is 6. The van der Waals surface area contributed by atoms with Gasteiger partial charge in [-0.05, 0) is 64.6 Å². The van der Waals surface area contributed by atoms with Crippen molar-refractivity contribution in [1.82, 2.24) is 9.80 Å². The highest BCUT2D eigenvalue weighted by Gasteiger charge is 2.26. The molecule has 0 spiro atoms. The van der Waals surface area contributed by atoms with Crippen LogP contribution in [0.2, 0.25) is 0 Å². The van der Waals surface area contributed by atoms with E-state index in [2.05, 4.69) is 94.4 Å². The quantitative estimate of drug-likeness (QED) is 0.145. The summed E-state index contributed by atoms with van der Waals surface area (Å²) in [7, 11) is 7.95. The van der Waals surface area contributed by atoms with Gasteiger partial charge in [0.25, 0.3) is 0 Å². The molecular weight excluding hydrogens is 638 g/mol. The lowest BCUT2D eigenvalue weighted by Gasteiger charge is -2.27. The molecule has 0 aromatic heterocycles. The molecule has 1 aliphatic rings. The van der Waals surface area contributed by atoms with Gasteiger partial charge >= 0.3 is 0 Å². The van der Waals surface area contributed by atoms with Crippen molar-refractivity contribution in [3.05, 3.63) is 144 Å². The standard InChI is InChI=1S/C39H42FN5S.C4H10/c1-9-35-38(43-37-22-31(24(2)41)18-21-36(37)42-35)33-20-19-32(23-34(33)40)46-39(29-14-10-27(11-15-29)25(3)44(5)6)30-16-12-28(13-17-30)26(4)45(7)8;1-3-4-2/h10-23,35,39,42H,2-4,9,41H2,1,5-8H3;3-4H2,1-2H3. The summed E-state index contributed by atoms with van der Waals surface area (Å²) in [6, 6.07) is 28.0. The van der Waals surface area contributed by atoms with Gasteiger partial charge in [0, 0.05) is 55.7 Å². The molecule has 5 rings (SSSR count). The molecule has 5 nitrogen and oxygen atoms in total. The van der Waals surface area contributed by atoms with Crippen LogP contribution in [-0.2, 0) is 0 Å². The second-order valence-electron chi connectivity index (χ2n) is 12.9. The van der Waals surface area contributed by atoms with Crippen molar-refractivity contribution < 1.29 is 4.39 Å². The summed E-state index contributed by atoms with van der Waals surface area (Å²) in [4.78, 5) is 9.75. The van der Waals surface area contributed by atoms with Crippen LogP contribution < -0.4 is 11.1 Å². The molecule has 0 radical (unpaired) electrons. The zero-order chi connectivity index (χ0) is 36.5. The molecule has 3 N–H and O–H groups in total. The third-order valence-corrected chi connectivity index (χ3v) is 10.1. The first-order chi connectivity index (χ1) is 23.9. The van der Waals surface area contributed by atoms with E-state index in [1.807, 2.05) is 68.3 Å². The minimum atomic E-state index is -0.305. The van der Waals surface area contributed by atoms with E-state index in [1.165, 1.54) is 12.8 Å². The Balaban J connectivity index is 0.00000133. The van der Waals surface area contributed by atoms with Crippen molar-refractivity contribution in [2.45, 2.75) is 56.2 Å². The Kier molecular flexibility index (Phi) is 13.1. The fourth-order valence-corrected chi connectivity index (χ4v) is 6.59. The van der Waals surface area contributed by atoms with Gasteiger partial charge in [-0.1, -0.05) is 108 Å². The van der Waals surface area contributed by atoms with E-state index in [4.69, 9.17) is 10.7 Å². The molecule has 0 aliphatic carbocycles. The van der Waals surface area contributed by atoms with Crippen molar-refractivity contribution in [1.29, 1.82) is 0 Å². The first-order valence-electron chi connectivity index (χ1n) is 17.2. The lowest BCUT2D eigenvalue weighted by molar-refractivity contribution is 0.593. The van der Waals surface area contributed by atoms with Crippen molar-refractivity contribution in [3.63, 3.8) is 0 Å². The van der Waals surface area contributed by atoms with E-state index in [0.29, 0.717) is 17.0 Å². The minimum Gasteiger partial charge on any atom is -0.399 e. The highest BCUT2D eigenvalue weighted by Crippen LogP contribution is 2.42. The summed E-state index contributed by atoms with van der Waals surface area (Å²) in [5.41, 5.74) is 16.2.